The monoisotopic (exact) mass is 396 g/mol. The molecule has 0 aromatic carbocycles. The summed E-state index contributed by atoms with van der Waals surface area (Å²) >= 11 is 17.0. The van der Waals surface area contributed by atoms with Crippen LogP contribution in [-0.4, -0.2) is 3.20 Å². The van der Waals surface area contributed by atoms with Crippen LogP contribution in [0.3, 0.4) is 0 Å². The Morgan fingerprint density at radius 1 is 1.29 bits per heavy atom. The zero-order valence-corrected chi connectivity index (χ0v) is 10.8. The summed E-state index contributed by atoms with van der Waals surface area (Å²) in [6.45, 7) is 0. The molecule has 0 heterocycles. The van der Waals surface area contributed by atoms with E-state index in [1.807, 2.05) is 0 Å². The van der Waals surface area contributed by atoms with Gasteiger partial charge in [0.2, 0.25) is 0 Å². The first-order valence-electron chi connectivity index (χ1n) is 0.963. The standard InChI is InChI=1S/CHBr2Cl.Br2S/c2-1(3)4;1-3-2/h1H;. The molecule has 7 heavy (non-hydrogen) atoms. The summed E-state index contributed by atoms with van der Waals surface area (Å²) in [5.74, 6) is 0. The van der Waals surface area contributed by atoms with Gasteiger partial charge in [0.25, 0.3) is 0 Å². The third-order valence-electron chi connectivity index (χ3n) is 0. The fourth-order valence-electron chi connectivity index (χ4n) is 0. The minimum atomic E-state index is -0.0694. The van der Waals surface area contributed by atoms with Crippen LogP contribution in [-0.2, 0) is 0 Å². The van der Waals surface area contributed by atoms with E-state index >= 15 is 0 Å². The molecule has 0 rings (SSSR count). The van der Waals surface area contributed by atoms with Gasteiger partial charge in [0, 0.05) is 29.6 Å². The molecule has 0 saturated heterocycles. The second-order valence-corrected chi connectivity index (χ2v) is 9.52. The summed E-state index contributed by atoms with van der Waals surface area (Å²) in [4.78, 5) is 0. The predicted octanol–water partition coefficient (Wildman–Crippen LogP) is 4.64. The lowest BCUT2D eigenvalue weighted by molar-refractivity contribution is 2.16. The molecule has 0 aliphatic carbocycles. The quantitative estimate of drug-likeness (QED) is 0.534. The molecule has 0 atom stereocenters. The van der Waals surface area contributed by atoms with Crippen LogP contribution in [0.15, 0.2) is 0 Å². The SMILES string of the molecule is BrSBr.ClC(Br)Br. The van der Waals surface area contributed by atoms with Gasteiger partial charge in [-0.25, -0.2) is 0 Å². The van der Waals surface area contributed by atoms with Gasteiger partial charge < -0.3 is 0 Å². The zero-order valence-electron chi connectivity index (χ0n) is 2.88. The third-order valence-corrected chi connectivity index (χ3v) is 0. The van der Waals surface area contributed by atoms with Crippen molar-refractivity contribution >= 4 is 81.7 Å². The molecular formula is CHBr4ClS. The maximum absolute atomic E-state index is 5.11. The van der Waals surface area contributed by atoms with E-state index in [9.17, 15) is 0 Å². The Morgan fingerprint density at radius 2 is 1.29 bits per heavy atom. The lowest BCUT2D eigenvalue weighted by Crippen LogP contribution is -1.51. The lowest BCUT2D eigenvalue weighted by Gasteiger charge is -1.70. The van der Waals surface area contributed by atoms with Gasteiger partial charge in [0.05, 0.1) is 0 Å². The van der Waals surface area contributed by atoms with Crippen LogP contribution in [0.5, 0.6) is 0 Å². The van der Waals surface area contributed by atoms with Gasteiger partial charge in [-0.15, -0.1) is 0 Å². The Bertz CT molecular complexity index is 22.9. The minimum Gasteiger partial charge on any atom is -0.0977 e. The summed E-state index contributed by atoms with van der Waals surface area (Å²) in [6, 6.07) is 0. The van der Waals surface area contributed by atoms with E-state index in [1.165, 1.54) is 8.63 Å². The molecular weight excluding hydrogens is 399 g/mol. The molecule has 0 saturated carbocycles. The minimum absolute atomic E-state index is 0.0694. The fraction of sp³-hybridized carbons (Fsp3) is 1.00. The van der Waals surface area contributed by atoms with Crippen molar-refractivity contribution in [2.45, 2.75) is 3.20 Å². The van der Waals surface area contributed by atoms with Gasteiger partial charge in [-0.05, 0) is 8.63 Å². The predicted molar refractivity (Wildman–Crippen MR) is 52.9 cm³/mol. The topological polar surface area (TPSA) is 0 Å². The molecule has 0 aliphatic heterocycles. The van der Waals surface area contributed by atoms with Crippen molar-refractivity contribution in [2.24, 2.45) is 0 Å². The number of rotatable bonds is 0. The molecule has 6 heteroatoms. The van der Waals surface area contributed by atoms with E-state index in [-0.39, 0.29) is 3.20 Å². The highest BCUT2D eigenvalue weighted by Crippen LogP contribution is 2.17. The van der Waals surface area contributed by atoms with Crippen LogP contribution >= 0.6 is 81.7 Å². The summed E-state index contributed by atoms with van der Waals surface area (Å²) in [5.41, 5.74) is 0. The van der Waals surface area contributed by atoms with E-state index in [2.05, 4.69) is 61.5 Å². The van der Waals surface area contributed by atoms with Gasteiger partial charge in [0.1, 0.15) is 3.20 Å². The normalized spacial score (nSPS) is 7.71. The Morgan fingerprint density at radius 3 is 1.29 bits per heavy atom. The van der Waals surface area contributed by atoms with Crippen LogP contribution in [0.25, 0.3) is 0 Å². The lowest BCUT2D eigenvalue weighted by atomic mass is 11.9. The highest BCUT2D eigenvalue weighted by Gasteiger charge is 1.77. The maximum Gasteiger partial charge on any atom is 0.143 e. The van der Waals surface area contributed by atoms with Crippen molar-refractivity contribution in [2.75, 3.05) is 0 Å². The van der Waals surface area contributed by atoms with Crippen molar-refractivity contribution in [3.8, 4) is 0 Å². The first-order valence-corrected chi connectivity index (χ1v) is 7.73. The molecule has 0 fully saturated rings. The highest BCUT2D eigenvalue weighted by atomic mass is 79.9. The Kier molecular flexibility index (Phi) is 19.9. The fourth-order valence-corrected chi connectivity index (χ4v) is 0. The molecule has 0 N–H and O–H groups in total. The van der Waals surface area contributed by atoms with Crippen LogP contribution in [0.1, 0.15) is 0 Å². The molecule has 0 aromatic rings. The Labute approximate surface area is 83.8 Å². The first kappa shape index (κ1) is 12.3. The second kappa shape index (κ2) is 11.4. The van der Waals surface area contributed by atoms with Crippen molar-refractivity contribution < 1.29 is 0 Å². The van der Waals surface area contributed by atoms with Gasteiger partial charge >= 0.3 is 0 Å². The summed E-state index contributed by atoms with van der Waals surface area (Å²) in [5, 5.41) is 0. The van der Waals surface area contributed by atoms with Crippen LogP contribution in [0, 0.1) is 0 Å². The van der Waals surface area contributed by atoms with Crippen LogP contribution in [0.2, 0.25) is 0 Å². The smallest absolute Gasteiger partial charge is 0.0977 e. The van der Waals surface area contributed by atoms with E-state index < -0.39 is 0 Å². The molecule has 0 bridgehead atoms. The summed E-state index contributed by atoms with van der Waals surface area (Å²) < 4.78 is -0.0694. The van der Waals surface area contributed by atoms with Crippen molar-refractivity contribution in [1.82, 2.24) is 0 Å². The summed E-state index contributed by atoms with van der Waals surface area (Å²) in [6.07, 6.45) is 0. The van der Waals surface area contributed by atoms with Gasteiger partial charge in [-0.3, -0.25) is 0 Å². The molecule has 0 amide bonds. The van der Waals surface area contributed by atoms with Gasteiger partial charge in [-0.1, -0.05) is 43.5 Å². The van der Waals surface area contributed by atoms with Crippen LogP contribution < -0.4 is 0 Å². The van der Waals surface area contributed by atoms with E-state index in [4.69, 9.17) is 11.6 Å². The molecule has 0 nitrogen and oxygen atoms in total. The number of hydrogen-bond donors (Lipinski definition) is 0. The molecule has 0 radical (unpaired) electrons. The maximum atomic E-state index is 5.11. The average Bonchev–Trinajstić information content (AvgIpc) is 1.33. The van der Waals surface area contributed by atoms with Crippen LogP contribution in [0.4, 0.5) is 0 Å². The van der Waals surface area contributed by atoms with E-state index in [0.29, 0.717) is 0 Å². The zero-order chi connectivity index (χ0) is 6.28. The number of hydrogen-bond acceptors (Lipinski definition) is 1. The number of halogens is 5. The average molecular weight is 400 g/mol. The van der Waals surface area contributed by atoms with Crippen molar-refractivity contribution in [3.63, 3.8) is 0 Å². The van der Waals surface area contributed by atoms with E-state index in [1.54, 1.807) is 0 Å². The van der Waals surface area contributed by atoms with Crippen molar-refractivity contribution in [1.29, 1.82) is 0 Å². The molecule has 0 aliphatic rings. The van der Waals surface area contributed by atoms with E-state index in [0.717, 1.165) is 0 Å². The molecule has 0 spiro atoms. The Hall–Kier alpha value is 2.56. The third kappa shape index (κ3) is 56.2. The summed E-state index contributed by atoms with van der Waals surface area (Å²) in [7, 11) is 1.38. The van der Waals surface area contributed by atoms with Gasteiger partial charge in [-0.2, -0.15) is 0 Å². The largest absolute Gasteiger partial charge is 0.143 e. The Balaban J connectivity index is 0. The molecule has 46 valence electrons. The second-order valence-electron chi connectivity index (χ2n) is 0.306. The number of alkyl halides is 3. The van der Waals surface area contributed by atoms with Crippen molar-refractivity contribution in [3.05, 3.63) is 0 Å². The first-order chi connectivity index (χ1) is 3.15. The van der Waals surface area contributed by atoms with Gasteiger partial charge in [0.15, 0.2) is 0 Å². The molecule has 0 aromatic heterocycles. The highest BCUT2D eigenvalue weighted by molar-refractivity contribution is 9.82. The molecule has 0 unspecified atom stereocenters.